The van der Waals surface area contributed by atoms with E-state index < -0.39 is 30.8 Å². The number of hydrogen-bond acceptors (Lipinski definition) is 4. The Bertz CT molecular complexity index is 676. The smallest absolute Gasteiger partial charge is 0.214 e. The van der Waals surface area contributed by atoms with Crippen LogP contribution in [0.15, 0.2) is 23.1 Å². The van der Waals surface area contributed by atoms with E-state index in [1.807, 2.05) is 0 Å². The minimum absolute atomic E-state index is 0.102. The summed E-state index contributed by atoms with van der Waals surface area (Å²) in [5.41, 5.74) is 0. The van der Waals surface area contributed by atoms with Gasteiger partial charge in [-0.2, -0.15) is 0 Å². The topological polar surface area (TPSA) is 92.3 Å². The van der Waals surface area contributed by atoms with Crippen molar-refractivity contribution in [2.75, 3.05) is 18.8 Å². The van der Waals surface area contributed by atoms with Gasteiger partial charge in [0, 0.05) is 13.1 Å². The van der Waals surface area contributed by atoms with Gasteiger partial charge in [0.25, 0.3) is 0 Å². The zero-order valence-electron chi connectivity index (χ0n) is 10.6. The number of hydrogen-bond donors (Lipinski definition) is 2. The zero-order valence-corrected chi connectivity index (χ0v) is 12.9. The van der Waals surface area contributed by atoms with Crippen LogP contribution in [0, 0.1) is 5.82 Å². The molecule has 0 aromatic heterocycles. The Morgan fingerprint density at radius 1 is 1.15 bits per heavy atom. The van der Waals surface area contributed by atoms with E-state index in [9.17, 15) is 21.2 Å². The van der Waals surface area contributed by atoms with E-state index in [2.05, 4.69) is 9.44 Å². The standard InChI is InChI=1S/C10H14ClFN2O4S2/c1-2-19(15,16)13-5-6-14-20(17,18)10-7-8(12)3-4-9(10)11/h3-4,7,13-14H,2,5-6H2,1H3. The maximum atomic E-state index is 13.0. The van der Waals surface area contributed by atoms with E-state index in [4.69, 9.17) is 11.6 Å². The molecule has 1 aromatic rings. The molecule has 0 saturated heterocycles. The summed E-state index contributed by atoms with van der Waals surface area (Å²) in [6.07, 6.45) is 0. The van der Waals surface area contributed by atoms with Gasteiger partial charge >= 0.3 is 0 Å². The first-order valence-corrected chi connectivity index (χ1v) is 9.11. The number of nitrogens with one attached hydrogen (secondary N) is 2. The molecule has 0 unspecified atom stereocenters. The predicted molar refractivity (Wildman–Crippen MR) is 74.1 cm³/mol. The van der Waals surface area contributed by atoms with Crippen molar-refractivity contribution in [2.45, 2.75) is 11.8 Å². The molecule has 0 spiro atoms. The van der Waals surface area contributed by atoms with Crippen LogP contribution in [0.3, 0.4) is 0 Å². The van der Waals surface area contributed by atoms with Crippen LogP contribution in [0.1, 0.15) is 6.92 Å². The number of rotatable bonds is 7. The van der Waals surface area contributed by atoms with Crippen LogP contribution >= 0.6 is 11.6 Å². The predicted octanol–water partition coefficient (Wildman–Crippen LogP) is 0.697. The molecule has 0 aliphatic rings. The molecule has 0 aliphatic carbocycles. The lowest BCUT2D eigenvalue weighted by molar-refractivity contribution is 0.569. The first-order chi connectivity index (χ1) is 9.18. The summed E-state index contributed by atoms with van der Waals surface area (Å²) in [6.45, 7) is 1.18. The molecular formula is C10H14ClFN2O4S2. The van der Waals surface area contributed by atoms with Crippen molar-refractivity contribution in [2.24, 2.45) is 0 Å². The molecule has 0 saturated carbocycles. The molecule has 1 aromatic carbocycles. The van der Waals surface area contributed by atoms with E-state index >= 15 is 0 Å². The van der Waals surface area contributed by atoms with Gasteiger partial charge in [-0.15, -0.1) is 0 Å². The first-order valence-electron chi connectivity index (χ1n) is 5.60. The molecule has 2 N–H and O–H groups in total. The Balaban J connectivity index is 2.70. The van der Waals surface area contributed by atoms with Crippen molar-refractivity contribution in [3.8, 4) is 0 Å². The minimum Gasteiger partial charge on any atom is -0.214 e. The van der Waals surface area contributed by atoms with Crippen LogP contribution in [-0.4, -0.2) is 35.7 Å². The molecule has 114 valence electrons. The second-order valence-electron chi connectivity index (χ2n) is 3.77. The molecule has 0 fully saturated rings. The molecule has 0 bridgehead atoms. The summed E-state index contributed by atoms with van der Waals surface area (Å²) in [4.78, 5) is -0.391. The molecule has 6 nitrogen and oxygen atoms in total. The molecular weight excluding hydrogens is 331 g/mol. The molecule has 0 aliphatic heterocycles. The lowest BCUT2D eigenvalue weighted by Crippen LogP contribution is -2.35. The Kier molecular flexibility index (Phi) is 5.90. The highest BCUT2D eigenvalue weighted by Crippen LogP contribution is 2.21. The molecule has 20 heavy (non-hydrogen) atoms. The Morgan fingerprint density at radius 2 is 1.75 bits per heavy atom. The molecule has 0 amide bonds. The highest BCUT2D eigenvalue weighted by molar-refractivity contribution is 7.89. The van der Waals surface area contributed by atoms with Gasteiger partial charge in [0.2, 0.25) is 20.0 Å². The van der Waals surface area contributed by atoms with Gasteiger partial charge in [-0.05, 0) is 25.1 Å². The van der Waals surface area contributed by atoms with E-state index in [1.165, 1.54) is 6.92 Å². The van der Waals surface area contributed by atoms with Gasteiger partial charge in [-0.3, -0.25) is 0 Å². The fourth-order valence-electron chi connectivity index (χ4n) is 1.25. The van der Waals surface area contributed by atoms with Crippen molar-refractivity contribution in [3.05, 3.63) is 29.0 Å². The van der Waals surface area contributed by atoms with Crippen LogP contribution in [0.2, 0.25) is 5.02 Å². The fraction of sp³-hybridized carbons (Fsp3) is 0.400. The van der Waals surface area contributed by atoms with Gasteiger partial charge in [0.15, 0.2) is 0 Å². The van der Waals surface area contributed by atoms with Crippen LogP contribution in [0.25, 0.3) is 0 Å². The SMILES string of the molecule is CCS(=O)(=O)NCCNS(=O)(=O)c1cc(F)ccc1Cl. The molecule has 1 rings (SSSR count). The molecule has 0 heterocycles. The van der Waals surface area contributed by atoms with Gasteiger partial charge < -0.3 is 0 Å². The van der Waals surface area contributed by atoms with Gasteiger partial charge in [-0.1, -0.05) is 11.6 Å². The lowest BCUT2D eigenvalue weighted by atomic mass is 10.3. The van der Waals surface area contributed by atoms with Crippen LogP contribution in [0.4, 0.5) is 4.39 Å². The summed E-state index contributed by atoms with van der Waals surface area (Å²) >= 11 is 5.69. The lowest BCUT2D eigenvalue weighted by Gasteiger charge is -2.09. The van der Waals surface area contributed by atoms with Crippen LogP contribution < -0.4 is 9.44 Å². The number of sulfonamides is 2. The van der Waals surface area contributed by atoms with Crippen LogP contribution in [-0.2, 0) is 20.0 Å². The zero-order chi connectivity index (χ0) is 15.4. The third-order valence-electron chi connectivity index (χ3n) is 2.30. The van der Waals surface area contributed by atoms with E-state index in [1.54, 1.807) is 0 Å². The molecule has 10 heteroatoms. The van der Waals surface area contributed by atoms with E-state index in [0.717, 1.165) is 18.2 Å². The van der Waals surface area contributed by atoms with Gasteiger partial charge in [-0.25, -0.2) is 30.7 Å². The largest absolute Gasteiger partial charge is 0.242 e. The average molecular weight is 345 g/mol. The van der Waals surface area contributed by atoms with E-state index in [-0.39, 0.29) is 23.9 Å². The summed E-state index contributed by atoms with van der Waals surface area (Å²) < 4.78 is 63.3. The third-order valence-corrected chi connectivity index (χ3v) is 5.65. The average Bonchev–Trinajstić information content (AvgIpc) is 2.37. The Hall–Kier alpha value is -0.740. The van der Waals surface area contributed by atoms with E-state index in [0.29, 0.717) is 0 Å². The summed E-state index contributed by atoms with van der Waals surface area (Å²) in [5, 5.41) is -0.118. The van der Waals surface area contributed by atoms with Crippen molar-refractivity contribution < 1.29 is 21.2 Å². The summed E-state index contributed by atoms with van der Waals surface area (Å²) in [6, 6.07) is 2.96. The first kappa shape index (κ1) is 17.3. The second-order valence-corrected chi connectivity index (χ2v) is 8.01. The monoisotopic (exact) mass is 344 g/mol. The van der Waals surface area contributed by atoms with Crippen molar-refractivity contribution >= 4 is 31.6 Å². The van der Waals surface area contributed by atoms with Crippen molar-refractivity contribution in [1.82, 2.24) is 9.44 Å². The fourth-order valence-corrected chi connectivity index (χ4v) is 3.41. The van der Waals surface area contributed by atoms with Crippen LogP contribution in [0.5, 0.6) is 0 Å². The quantitative estimate of drug-likeness (QED) is 0.712. The number of halogens is 2. The number of benzene rings is 1. The highest BCUT2D eigenvalue weighted by atomic mass is 35.5. The van der Waals surface area contributed by atoms with Crippen molar-refractivity contribution in [1.29, 1.82) is 0 Å². The Morgan fingerprint density at radius 3 is 2.35 bits per heavy atom. The second kappa shape index (κ2) is 6.81. The third kappa shape index (κ3) is 4.98. The minimum atomic E-state index is -3.99. The normalized spacial score (nSPS) is 12.6. The summed E-state index contributed by atoms with van der Waals surface area (Å²) in [5.74, 6) is -0.836. The van der Waals surface area contributed by atoms with Crippen molar-refractivity contribution in [3.63, 3.8) is 0 Å². The van der Waals surface area contributed by atoms with Gasteiger partial charge in [0.1, 0.15) is 10.7 Å². The Labute approximate surface area is 122 Å². The maximum Gasteiger partial charge on any atom is 0.242 e. The maximum absolute atomic E-state index is 13.0. The van der Waals surface area contributed by atoms with Gasteiger partial charge in [0.05, 0.1) is 10.8 Å². The molecule has 0 atom stereocenters. The highest BCUT2D eigenvalue weighted by Gasteiger charge is 2.18. The summed E-state index contributed by atoms with van der Waals surface area (Å²) in [7, 11) is -7.38. The molecule has 0 radical (unpaired) electrons.